The second-order valence-electron chi connectivity index (χ2n) is 7.93. The molecule has 0 spiro atoms. The molecule has 6 rings (SSSR count). The fourth-order valence-electron chi connectivity index (χ4n) is 4.12. The summed E-state index contributed by atoms with van der Waals surface area (Å²) in [5.74, 6) is 2.36. The third kappa shape index (κ3) is 4.18. The Hall–Kier alpha value is -3.62. The summed E-state index contributed by atoms with van der Waals surface area (Å²) in [6.07, 6.45) is 0. The van der Waals surface area contributed by atoms with E-state index in [1.165, 1.54) is 0 Å². The monoisotopic (exact) mass is 638 g/mol. The van der Waals surface area contributed by atoms with Crippen molar-refractivity contribution in [1.29, 1.82) is 0 Å². The van der Waals surface area contributed by atoms with Gasteiger partial charge in [0.25, 0.3) is 0 Å². The van der Waals surface area contributed by atoms with Crippen molar-refractivity contribution in [3.05, 3.63) is 127 Å². The van der Waals surface area contributed by atoms with Crippen molar-refractivity contribution in [1.82, 2.24) is 0 Å². The maximum atomic E-state index is 6.59. The van der Waals surface area contributed by atoms with Crippen LogP contribution in [0, 0.1) is 0 Å². The Bertz CT molecular complexity index is 1400. The second-order valence-corrected chi connectivity index (χ2v) is 11.8. The molecule has 0 unspecified atom stereocenters. The van der Waals surface area contributed by atoms with E-state index in [2.05, 4.69) is 54.6 Å². The van der Waals surface area contributed by atoms with Crippen LogP contribution in [-0.2, 0) is 0 Å². The fraction of sp³-hybridized carbons (Fsp3) is 0. The van der Waals surface area contributed by atoms with Gasteiger partial charge in [-0.15, -0.1) is 0 Å². The SMILES string of the molecule is c1ccc2c([O][Bi]([O]c3cccc4ccccc34)[O]c3cccc4ccccc34)cccc2c1. The van der Waals surface area contributed by atoms with Crippen LogP contribution in [-0.4, -0.2) is 23.1 Å². The van der Waals surface area contributed by atoms with E-state index in [0.717, 1.165) is 49.6 Å². The van der Waals surface area contributed by atoms with E-state index in [-0.39, 0.29) is 0 Å². The number of hydrogen-bond donors (Lipinski definition) is 0. The maximum absolute atomic E-state index is 6.59. The molecule has 4 heteroatoms. The molecule has 6 aromatic carbocycles. The number of rotatable bonds is 6. The van der Waals surface area contributed by atoms with Gasteiger partial charge in [0.1, 0.15) is 0 Å². The van der Waals surface area contributed by atoms with Crippen LogP contribution in [0.15, 0.2) is 127 Å². The van der Waals surface area contributed by atoms with Crippen LogP contribution in [0.4, 0.5) is 0 Å². The molecule has 0 aliphatic carbocycles. The van der Waals surface area contributed by atoms with Crippen LogP contribution in [0.3, 0.4) is 0 Å². The molecule has 6 aromatic rings. The van der Waals surface area contributed by atoms with Gasteiger partial charge in [0.2, 0.25) is 0 Å². The van der Waals surface area contributed by atoms with E-state index in [1.54, 1.807) is 0 Å². The molecular weight excluding hydrogens is 617 g/mol. The Morgan fingerprint density at radius 2 is 0.618 bits per heavy atom. The van der Waals surface area contributed by atoms with Gasteiger partial charge in [-0.1, -0.05) is 0 Å². The minimum atomic E-state index is -3.55. The summed E-state index contributed by atoms with van der Waals surface area (Å²) in [6, 6.07) is 42.9. The summed E-state index contributed by atoms with van der Waals surface area (Å²) in [6.45, 7) is 0. The summed E-state index contributed by atoms with van der Waals surface area (Å²) < 4.78 is 19.8. The van der Waals surface area contributed by atoms with Gasteiger partial charge in [-0.05, 0) is 0 Å². The van der Waals surface area contributed by atoms with E-state index in [9.17, 15) is 0 Å². The average Bonchev–Trinajstić information content (AvgIpc) is 2.89. The molecule has 0 amide bonds. The van der Waals surface area contributed by atoms with Crippen molar-refractivity contribution in [3.63, 3.8) is 0 Å². The van der Waals surface area contributed by atoms with Crippen LogP contribution < -0.4 is 8.44 Å². The van der Waals surface area contributed by atoms with Crippen LogP contribution in [0.25, 0.3) is 32.3 Å². The van der Waals surface area contributed by atoms with Crippen molar-refractivity contribution >= 4 is 55.4 Å². The first-order valence-corrected chi connectivity index (χ1v) is 15.4. The molecule has 0 saturated heterocycles. The Morgan fingerprint density at radius 1 is 0.324 bits per heavy atom. The van der Waals surface area contributed by atoms with Gasteiger partial charge in [0.15, 0.2) is 0 Å². The Labute approximate surface area is 207 Å². The van der Waals surface area contributed by atoms with Crippen molar-refractivity contribution < 1.29 is 8.44 Å². The molecule has 0 aliphatic heterocycles. The molecule has 3 nitrogen and oxygen atoms in total. The number of benzene rings is 6. The molecule has 34 heavy (non-hydrogen) atoms. The van der Waals surface area contributed by atoms with Gasteiger partial charge in [0.05, 0.1) is 0 Å². The molecule has 0 radical (unpaired) electrons. The van der Waals surface area contributed by atoms with Crippen LogP contribution in [0.5, 0.6) is 17.2 Å². The molecule has 0 heterocycles. The zero-order valence-corrected chi connectivity index (χ0v) is 21.8. The second kappa shape index (κ2) is 9.32. The standard InChI is InChI=1S/3C10H8O.Bi/c3*11-10-7-3-5-8-4-1-2-6-9(8)10;/h3*1-7,11H;/q;;;+3/p-3. The summed E-state index contributed by atoms with van der Waals surface area (Å²) >= 11 is -3.55. The van der Waals surface area contributed by atoms with E-state index >= 15 is 0 Å². The van der Waals surface area contributed by atoms with Gasteiger partial charge in [-0.3, -0.25) is 0 Å². The molecule has 164 valence electrons. The van der Waals surface area contributed by atoms with Gasteiger partial charge >= 0.3 is 208 Å². The molecule has 0 fully saturated rings. The van der Waals surface area contributed by atoms with Crippen LogP contribution >= 0.6 is 0 Å². The number of hydrogen-bond acceptors (Lipinski definition) is 3. The van der Waals surface area contributed by atoms with E-state index in [4.69, 9.17) is 8.44 Å². The average molecular weight is 638 g/mol. The first-order chi connectivity index (χ1) is 16.8. The minimum absolute atomic E-state index is 0.788. The first-order valence-electron chi connectivity index (χ1n) is 11.1. The summed E-state index contributed by atoms with van der Waals surface area (Å²) in [4.78, 5) is 0. The van der Waals surface area contributed by atoms with Crippen molar-refractivity contribution in [2.45, 2.75) is 0 Å². The van der Waals surface area contributed by atoms with Crippen molar-refractivity contribution in [2.24, 2.45) is 0 Å². The summed E-state index contributed by atoms with van der Waals surface area (Å²) in [7, 11) is 0. The Morgan fingerprint density at radius 3 is 0.971 bits per heavy atom. The molecule has 0 bridgehead atoms. The molecule has 0 aliphatic rings. The molecular formula is C30H21BiO3. The topological polar surface area (TPSA) is 27.7 Å². The number of fused-ring (bicyclic) bond motifs is 3. The quantitative estimate of drug-likeness (QED) is 0.175. The summed E-state index contributed by atoms with van der Waals surface area (Å²) in [5, 5.41) is 6.52. The molecule has 0 N–H and O–H groups in total. The van der Waals surface area contributed by atoms with Crippen molar-refractivity contribution in [3.8, 4) is 17.2 Å². The predicted molar refractivity (Wildman–Crippen MR) is 139 cm³/mol. The van der Waals surface area contributed by atoms with Gasteiger partial charge in [-0.25, -0.2) is 0 Å². The van der Waals surface area contributed by atoms with Gasteiger partial charge < -0.3 is 0 Å². The third-order valence-electron chi connectivity index (χ3n) is 5.77. The van der Waals surface area contributed by atoms with Gasteiger partial charge in [0, 0.05) is 0 Å². The zero-order chi connectivity index (χ0) is 22.7. The van der Waals surface area contributed by atoms with E-state index < -0.39 is 23.1 Å². The van der Waals surface area contributed by atoms with E-state index in [0.29, 0.717) is 0 Å². The zero-order valence-electron chi connectivity index (χ0n) is 18.3. The van der Waals surface area contributed by atoms with Crippen LogP contribution in [0.1, 0.15) is 0 Å². The van der Waals surface area contributed by atoms with Gasteiger partial charge in [-0.2, -0.15) is 0 Å². The predicted octanol–water partition coefficient (Wildman–Crippen LogP) is 7.67. The van der Waals surface area contributed by atoms with Crippen molar-refractivity contribution in [2.75, 3.05) is 0 Å². The molecule has 0 aromatic heterocycles. The van der Waals surface area contributed by atoms with Crippen LogP contribution in [0.2, 0.25) is 0 Å². The third-order valence-corrected chi connectivity index (χ3v) is 9.80. The molecule has 0 atom stereocenters. The Kier molecular flexibility index (Phi) is 5.75. The fourth-order valence-corrected chi connectivity index (χ4v) is 8.29. The normalized spacial score (nSPS) is 11.2. The first kappa shape index (κ1) is 21.0. The van der Waals surface area contributed by atoms with E-state index in [1.807, 2.05) is 72.8 Å². The Balaban J connectivity index is 1.42. The summed E-state index contributed by atoms with van der Waals surface area (Å²) in [5.41, 5.74) is 0. The molecule has 0 saturated carbocycles.